The van der Waals surface area contributed by atoms with E-state index in [9.17, 15) is 14.7 Å². The maximum atomic E-state index is 12.9. The number of piperidine rings is 1. The average molecular weight is 322 g/mol. The molecule has 4 atom stereocenters. The summed E-state index contributed by atoms with van der Waals surface area (Å²) in [6.07, 6.45) is 9.66. The van der Waals surface area contributed by atoms with Crippen LogP contribution in [0.5, 0.6) is 0 Å². The molecule has 0 aromatic heterocycles. The van der Waals surface area contributed by atoms with E-state index in [0.717, 1.165) is 45.1 Å². The molecule has 1 aliphatic carbocycles. The molecule has 1 saturated carbocycles. The first-order chi connectivity index (χ1) is 11.1. The molecule has 1 N–H and O–H groups in total. The Labute approximate surface area is 139 Å². The molecule has 2 aliphatic heterocycles. The first-order valence-corrected chi connectivity index (χ1v) is 9.39. The topological polar surface area (TPSA) is 60.9 Å². The number of fused-ring (bicyclic) bond motifs is 1. The second-order valence-electron chi connectivity index (χ2n) is 7.52. The zero-order chi connectivity index (χ0) is 16.4. The summed E-state index contributed by atoms with van der Waals surface area (Å²) >= 11 is 0. The number of nitrogens with zero attached hydrogens (tertiary/aromatic N) is 2. The highest BCUT2D eigenvalue weighted by atomic mass is 16.4. The Hall–Kier alpha value is -1.10. The SMILES string of the molecule is CC[C@@H]1CCCCN1C(=O)CN1[C@H](C(=O)O)C[C@H]2CCCC[C@@H]21. The molecule has 3 aliphatic rings. The van der Waals surface area contributed by atoms with Gasteiger partial charge < -0.3 is 10.0 Å². The van der Waals surface area contributed by atoms with Crippen molar-refractivity contribution in [1.82, 2.24) is 9.80 Å². The summed E-state index contributed by atoms with van der Waals surface area (Å²) in [6.45, 7) is 3.29. The Balaban J connectivity index is 1.70. The third-order valence-corrected chi connectivity index (χ3v) is 6.24. The van der Waals surface area contributed by atoms with Crippen LogP contribution in [0.4, 0.5) is 0 Å². The van der Waals surface area contributed by atoms with Crippen LogP contribution in [0.2, 0.25) is 0 Å². The van der Waals surface area contributed by atoms with E-state index in [2.05, 4.69) is 6.92 Å². The lowest BCUT2D eigenvalue weighted by Crippen LogP contribution is -2.51. The number of amides is 1. The molecular formula is C18H30N2O3. The van der Waals surface area contributed by atoms with Gasteiger partial charge in [-0.2, -0.15) is 0 Å². The first-order valence-electron chi connectivity index (χ1n) is 9.39. The summed E-state index contributed by atoms with van der Waals surface area (Å²) in [5, 5.41) is 9.59. The van der Waals surface area contributed by atoms with E-state index in [4.69, 9.17) is 0 Å². The van der Waals surface area contributed by atoms with Crippen LogP contribution in [-0.4, -0.2) is 58.0 Å². The zero-order valence-electron chi connectivity index (χ0n) is 14.2. The highest BCUT2D eigenvalue weighted by molar-refractivity contribution is 5.81. The van der Waals surface area contributed by atoms with E-state index in [-0.39, 0.29) is 5.91 Å². The second-order valence-corrected chi connectivity index (χ2v) is 7.52. The molecule has 3 fully saturated rings. The molecule has 0 bridgehead atoms. The molecule has 2 saturated heterocycles. The number of carboxylic acid groups (broad SMARTS) is 1. The van der Waals surface area contributed by atoms with Crippen LogP contribution in [0.15, 0.2) is 0 Å². The van der Waals surface area contributed by atoms with Gasteiger partial charge in [-0.25, -0.2) is 0 Å². The Morgan fingerprint density at radius 2 is 1.83 bits per heavy atom. The Kier molecular flexibility index (Phi) is 5.24. The van der Waals surface area contributed by atoms with Crippen molar-refractivity contribution in [3.8, 4) is 0 Å². The molecule has 0 unspecified atom stereocenters. The lowest BCUT2D eigenvalue weighted by atomic mass is 9.85. The summed E-state index contributed by atoms with van der Waals surface area (Å²) in [5.74, 6) is -0.132. The van der Waals surface area contributed by atoms with E-state index >= 15 is 0 Å². The molecule has 2 heterocycles. The van der Waals surface area contributed by atoms with E-state index in [0.29, 0.717) is 24.5 Å². The van der Waals surface area contributed by atoms with Gasteiger partial charge in [0, 0.05) is 18.6 Å². The molecule has 0 aromatic carbocycles. The molecular weight excluding hydrogens is 292 g/mol. The molecule has 0 aromatic rings. The van der Waals surface area contributed by atoms with Crippen molar-refractivity contribution in [2.24, 2.45) is 5.92 Å². The van der Waals surface area contributed by atoms with Crippen molar-refractivity contribution >= 4 is 11.9 Å². The van der Waals surface area contributed by atoms with Gasteiger partial charge in [-0.05, 0) is 50.9 Å². The third-order valence-electron chi connectivity index (χ3n) is 6.24. The number of aliphatic carboxylic acids is 1. The predicted molar refractivity (Wildman–Crippen MR) is 88.1 cm³/mol. The van der Waals surface area contributed by atoms with Gasteiger partial charge in [-0.1, -0.05) is 19.8 Å². The largest absolute Gasteiger partial charge is 0.480 e. The van der Waals surface area contributed by atoms with Crippen LogP contribution in [0.1, 0.15) is 64.7 Å². The van der Waals surface area contributed by atoms with Crippen molar-refractivity contribution in [2.45, 2.75) is 82.8 Å². The van der Waals surface area contributed by atoms with Crippen LogP contribution in [-0.2, 0) is 9.59 Å². The van der Waals surface area contributed by atoms with Gasteiger partial charge in [0.2, 0.25) is 5.91 Å². The van der Waals surface area contributed by atoms with Gasteiger partial charge >= 0.3 is 5.97 Å². The fourth-order valence-electron chi connectivity index (χ4n) is 5.02. The lowest BCUT2D eigenvalue weighted by molar-refractivity contribution is -0.145. The molecule has 130 valence electrons. The van der Waals surface area contributed by atoms with Crippen LogP contribution >= 0.6 is 0 Å². The Bertz CT molecular complexity index is 454. The summed E-state index contributed by atoms with van der Waals surface area (Å²) in [4.78, 5) is 28.6. The minimum Gasteiger partial charge on any atom is -0.480 e. The van der Waals surface area contributed by atoms with Gasteiger partial charge in [0.15, 0.2) is 0 Å². The summed E-state index contributed by atoms with van der Waals surface area (Å²) in [7, 11) is 0. The lowest BCUT2D eigenvalue weighted by Gasteiger charge is -2.38. The Morgan fingerprint density at radius 1 is 1.09 bits per heavy atom. The number of carbonyl (C=O) groups excluding carboxylic acids is 1. The zero-order valence-corrected chi connectivity index (χ0v) is 14.2. The first kappa shape index (κ1) is 16.7. The number of rotatable bonds is 4. The molecule has 5 nitrogen and oxygen atoms in total. The molecule has 0 radical (unpaired) electrons. The smallest absolute Gasteiger partial charge is 0.320 e. The van der Waals surface area contributed by atoms with Crippen LogP contribution in [0.25, 0.3) is 0 Å². The van der Waals surface area contributed by atoms with Crippen molar-refractivity contribution in [3.05, 3.63) is 0 Å². The fraction of sp³-hybridized carbons (Fsp3) is 0.889. The highest BCUT2D eigenvalue weighted by Crippen LogP contribution is 2.39. The number of hydrogen-bond donors (Lipinski definition) is 1. The summed E-state index contributed by atoms with van der Waals surface area (Å²) in [6, 6.07) is 0.194. The van der Waals surface area contributed by atoms with Gasteiger partial charge in [-0.3, -0.25) is 14.5 Å². The van der Waals surface area contributed by atoms with Crippen LogP contribution in [0, 0.1) is 5.92 Å². The molecule has 23 heavy (non-hydrogen) atoms. The monoisotopic (exact) mass is 322 g/mol. The van der Waals surface area contributed by atoms with Crippen LogP contribution < -0.4 is 0 Å². The van der Waals surface area contributed by atoms with Gasteiger partial charge in [0.1, 0.15) is 6.04 Å². The maximum Gasteiger partial charge on any atom is 0.320 e. The molecule has 1 amide bonds. The summed E-state index contributed by atoms with van der Waals surface area (Å²) in [5.41, 5.74) is 0. The van der Waals surface area contributed by atoms with Crippen molar-refractivity contribution < 1.29 is 14.7 Å². The van der Waals surface area contributed by atoms with E-state index in [1.165, 1.54) is 19.3 Å². The molecule has 3 rings (SSSR count). The van der Waals surface area contributed by atoms with Gasteiger partial charge in [-0.15, -0.1) is 0 Å². The quantitative estimate of drug-likeness (QED) is 0.864. The van der Waals surface area contributed by atoms with Crippen molar-refractivity contribution in [1.29, 1.82) is 0 Å². The van der Waals surface area contributed by atoms with Crippen molar-refractivity contribution in [3.63, 3.8) is 0 Å². The molecule has 5 heteroatoms. The van der Waals surface area contributed by atoms with Gasteiger partial charge in [0.05, 0.1) is 6.54 Å². The minimum absolute atomic E-state index is 0.147. The number of hydrogen-bond acceptors (Lipinski definition) is 3. The third kappa shape index (κ3) is 3.39. The second kappa shape index (κ2) is 7.20. The average Bonchev–Trinajstić information content (AvgIpc) is 2.94. The Morgan fingerprint density at radius 3 is 2.57 bits per heavy atom. The van der Waals surface area contributed by atoms with E-state index in [1.807, 2.05) is 9.80 Å². The number of carbonyl (C=O) groups is 2. The number of carboxylic acids is 1. The normalized spacial score (nSPS) is 35.1. The van der Waals surface area contributed by atoms with Crippen molar-refractivity contribution in [2.75, 3.05) is 13.1 Å². The predicted octanol–water partition coefficient (Wildman–Crippen LogP) is 2.50. The standard InChI is InChI=1S/C18H30N2O3/c1-2-14-8-5-6-10-19(14)17(21)12-20-15-9-4-3-7-13(15)11-16(20)18(22)23/h13-16H,2-12H2,1H3,(H,22,23)/t13-,14-,15+,16+/m1/s1. The van der Waals surface area contributed by atoms with E-state index in [1.54, 1.807) is 0 Å². The maximum absolute atomic E-state index is 12.9. The minimum atomic E-state index is -0.752. The number of likely N-dealkylation sites (tertiary alicyclic amines) is 2. The summed E-state index contributed by atoms with van der Waals surface area (Å²) < 4.78 is 0. The highest BCUT2D eigenvalue weighted by Gasteiger charge is 2.46. The van der Waals surface area contributed by atoms with Gasteiger partial charge in [0.25, 0.3) is 0 Å². The molecule has 0 spiro atoms. The van der Waals surface area contributed by atoms with E-state index < -0.39 is 12.0 Å². The van der Waals surface area contributed by atoms with Crippen LogP contribution in [0.3, 0.4) is 0 Å². The fourth-order valence-corrected chi connectivity index (χ4v) is 5.02.